The van der Waals surface area contributed by atoms with Crippen molar-refractivity contribution in [2.24, 2.45) is 0 Å². The number of aryl methyl sites for hydroxylation is 1. The number of sulfonamides is 1. The van der Waals surface area contributed by atoms with Crippen molar-refractivity contribution in [3.8, 4) is 5.75 Å². The fourth-order valence-corrected chi connectivity index (χ4v) is 5.16. The van der Waals surface area contributed by atoms with E-state index >= 15 is 0 Å². The van der Waals surface area contributed by atoms with Crippen molar-refractivity contribution in [1.82, 2.24) is 9.29 Å². The van der Waals surface area contributed by atoms with E-state index in [1.165, 1.54) is 11.4 Å². The number of pyridine rings is 1. The van der Waals surface area contributed by atoms with Crippen LogP contribution in [0.4, 0.5) is 0 Å². The van der Waals surface area contributed by atoms with Crippen molar-refractivity contribution in [2.75, 3.05) is 13.7 Å². The summed E-state index contributed by atoms with van der Waals surface area (Å²) in [5.41, 5.74) is 1.72. The van der Waals surface area contributed by atoms with E-state index in [0.717, 1.165) is 16.0 Å². The molecule has 2 heterocycles. The zero-order valence-electron chi connectivity index (χ0n) is 15.3. The molecule has 142 valence electrons. The zero-order valence-corrected chi connectivity index (χ0v) is 17.0. The first-order valence-corrected chi connectivity index (χ1v) is 10.9. The molecule has 0 saturated heterocycles. The van der Waals surface area contributed by atoms with Crippen LogP contribution in [0.25, 0.3) is 0 Å². The molecule has 3 rings (SSSR count). The van der Waals surface area contributed by atoms with Crippen LogP contribution in [0.2, 0.25) is 0 Å². The Balaban J connectivity index is 1.95. The summed E-state index contributed by atoms with van der Waals surface area (Å²) in [4.78, 5) is 5.45. The number of methoxy groups -OCH3 is 1. The van der Waals surface area contributed by atoms with E-state index in [4.69, 9.17) is 4.74 Å². The first kappa shape index (κ1) is 19.5. The Kier molecular flexibility index (Phi) is 6.26. The summed E-state index contributed by atoms with van der Waals surface area (Å²) < 4.78 is 33.7. The summed E-state index contributed by atoms with van der Waals surface area (Å²) in [5.74, 6) is 0.355. The molecule has 0 saturated carbocycles. The Morgan fingerprint density at radius 1 is 1.19 bits per heavy atom. The largest absolute Gasteiger partial charge is 0.495 e. The van der Waals surface area contributed by atoms with Gasteiger partial charge in [0, 0.05) is 30.4 Å². The number of hydrogen-bond acceptors (Lipinski definition) is 5. The van der Waals surface area contributed by atoms with Crippen LogP contribution in [-0.2, 0) is 23.0 Å². The van der Waals surface area contributed by atoms with E-state index in [9.17, 15) is 8.42 Å². The number of hydrogen-bond donors (Lipinski definition) is 0. The lowest BCUT2D eigenvalue weighted by molar-refractivity contribution is 0.387. The monoisotopic (exact) mass is 402 g/mol. The zero-order chi connectivity index (χ0) is 19.3. The number of thiophene rings is 1. The molecule has 0 amide bonds. The fraction of sp³-hybridized carbons (Fsp3) is 0.250. The summed E-state index contributed by atoms with van der Waals surface area (Å²) in [6, 6.07) is 12.9. The van der Waals surface area contributed by atoms with E-state index in [1.807, 2.05) is 42.6 Å². The standard InChI is InChI=1S/C20H22N2O3S2/c1-16-7-8-19(25-2)20(13-16)27(23,24)22(11-9-18-6-4-12-26-18)15-17-5-3-10-21-14-17/h3-8,10,12-14H,9,11,15H2,1-2H3. The number of rotatable bonds is 8. The minimum atomic E-state index is -3.73. The summed E-state index contributed by atoms with van der Waals surface area (Å²) in [6.45, 7) is 2.52. The third kappa shape index (κ3) is 4.74. The second kappa shape index (κ2) is 8.65. The highest BCUT2D eigenvalue weighted by atomic mass is 32.2. The molecule has 0 radical (unpaired) electrons. The van der Waals surface area contributed by atoms with Gasteiger partial charge >= 0.3 is 0 Å². The summed E-state index contributed by atoms with van der Waals surface area (Å²) in [6.07, 6.45) is 4.03. The van der Waals surface area contributed by atoms with E-state index in [2.05, 4.69) is 4.98 Å². The van der Waals surface area contributed by atoms with Gasteiger partial charge in [-0.2, -0.15) is 4.31 Å². The molecular formula is C20H22N2O3S2. The van der Waals surface area contributed by atoms with Gasteiger partial charge in [0.1, 0.15) is 10.6 Å². The molecule has 27 heavy (non-hydrogen) atoms. The summed E-state index contributed by atoms with van der Waals surface area (Å²) in [7, 11) is -2.25. The number of aromatic nitrogens is 1. The lowest BCUT2D eigenvalue weighted by Crippen LogP contribution is -2.33. The molecular weight excluding hydrogens is 380 g/mol. The third-order valence-corrected chi connectivity index (χ3v) is 7.01. The van der Waals surface area contributed by atoms with E-state index in [1.54, 1.807) is 35.9 Å². The van der Waals surface area contributed by atoms with Crippen molar-refractivity contribution >= 4 is 21.4 Å². The molecule has 0 bridgehead atoms. The van der Waals surface area contributed by atoms with Gasteiger partial charge in [0.2, 0.25) is 10.0 Å². The molecule has 0 aliphatic carbocycles. The number of benzene rings is 1. The van der Waals surface area contributed by atoms with Crippen LogP contribution in [-0.4, -0.2) is 31.4 Å². The quantitative estimate of drug-likeness (QED) is 0.573. The number of nitrogens with zero attached hydrogens (tertiary/aromatic N) is 2. The van der Waals surface area contributed by atoms with Crippen LogP contribution in [0.5, 0.6) is 5.75 Å². The highest BCUT2D eigenvalue weighted by Crippen LogP contribution is 2.29. The van der Waals surface area contributed by atoms with Crippen LogP contribution >= 0.6 is 11.3 Å². The van der Waals surface area contributed by atoms with Crippen LogP contribution in [0.1, 0.15) is 16.0 Å². The first-order chi connectivity index (χ1) is 13.0. The van der Waals surface area contributed by atoms with Gasteiger partial charge in [0.25, 0.3) is 0 Å². The minimum Gasteiger partial charge on any atom is -0.495 e. The van der Waals surface area contributed by atoms with E-state index < -0.39 is 10.0 Å². The molecule has 0 aliphatic rings. The molecule has 0 aliphatic heterocycles. The molecule has 0 fully saturated rings. The summed E-state index contributed by atoms with van der Waals surface area (Å²) >= 11 is 1.63. The molecule has 1 aromatic carbocycles. The molecule has 0 unspecified atom stereocenters. The topological polar surface area (TPSA) is 59.5 Å². The molecule has 0 atom stereocenters. The van der Waals surface area contributed by atoms with Gasteiger partial charge in [-0.05, 0) is 54.1 Å². The van der Waals surface area contributed by atoms with Crippen molar-refractivity contribution in [3.05, 3.63) is 76.2 Å². The van der Waals surface area contributed by atoms with E-state index in [-0.39, 0.29) is 11.4 Å². The van der Waals surface area contributed by atoms with Crippen molar-refractivity contribution in [1.29, 1.82) is 0 Å². The highest BCUT2D eigenvalue weighted by molar-refractivity contribution is 7.89. The molecule has 2 aromatic heterocycles. The Morgan fingerprint density at radius 2 is 2.04 bits per heavy atom. The Bertz CT molecular complexity index is 972. The smallest absolute Gasteiger partial charge is 0.247 e. The Morgan fingerprint density at radius 3 is 2.70 bits per heavy atom. The SMILES string of the molecule is COc1ccc(C)cc1S(=O)(=O)N(CCc1cccs1)Cc1cccnc1. The lowest BCUT2D eigenvalue weighted by atomic mass is 10.2. The first-order valence-electron chi connectivity index (χ1n) is 8.57. The third-order valence-electron chi connectivity index (χ3n) is 4.21. The van der Waals surface area contributed by atoms with Crippen molar-refractivity contribution in [3.63, 3.8) is 0 Å². The molecule has 0 N–H and O–H groups in total. The minimum absolute atomic E-state index is 0.195. The van der Waals surface area contributed by atoms with Gasteiger partial charge in [-0.15, -0.1) is 11.3 Å². The second-order valence-corrected chi connectivity index (χ2v) is 9.12. The Hall–Kier alpha value is -2.22. The van der Waals surface area contributed by atoms with Crippen LogP contribution in [0, 0.1) is 6.92 Å². The van der Waals surface area contributed by atoms with Gasteiger partial charge in [-0.25, -0.2) is 8.42 Å². The molecule has 3 aromatic rings. The van der Waals surface area contributed by atoms with Gasteiger partial charge in [0.15, 0.2) is 0 Å². The average molecular weight is 403 g/mol. The van der Waals surface area contributed by atoms with Crippen molar-refractivity contribution < 1.29 is 13.2 Å². The van der Waals surface area contributed by atoms with Crippen LogP contribution < -0.4 is 4.74 Å². The van der Waals surface area contributed by atoms with Gasteiger partial charge in [-0.3, -0.25) is 4.98 Å². The molecule has 7 heteroatoms. The highest BCUT2D eigenvalue weighted by Gasteiger charge is 2.28. The maximum Gasteiger partial charge on any atom is 0.247 e. The van der Waals surface area contributed by atoms with Gasteiger partial charge < -0.3 is 4.74 Å². The average Bonchev–Trinajstić information content (AvgIpc) is 3.19. The second-order valence-electron chi connectivity index (χ2n) is 6.18. The maximum atomic E-state index is 13.5. The predicted molar refractivity (Wildman–Crippen MR) is 108 cm³/mol. The van der Waals surface area contributed by atoms with Crippen LogP contribution in [0.15, 0.2) is 65.1 Å². The van der Waals surface area contributed by atoms with Crippen molar-refractivity contribution in [2.45, 2.75) is 24.8 Å². The molecule has 0 spiro atoms. The van der Waals surface area contributed by atoms with E-state index in [0.29, 0.717) is 18.7 Å². The normalized spacial score (nSPS) is 11.7. The van der Waals surface area contributed by atoms with Gasteiger partial charge in [0.05, 0.1) is 7.11 Å². The predicted octanol–water partition coefficient (Wildman–Crippen LogP) is 3.89. The van der Waals surface area contributed by atoms with Crippen LogP contribution in [0.3, 0.4) is 0 Å². The Labute approximate surface area is 164 Å². The summed E-state index contributed by atoms with van der Waals surface area (Å²) in [5, 5.41) is 2.00. The fourth-order valence-electron chi connectivity index (χ4n) is 2.79. The van der Waals surface area contributed by atoms with Gasteiger partial charge in [-0.1, -0.05) is 18.2 Å². The lowest BCUT2D eigenvalue weighted by Gasteiger charge is -2.23. The maximum absolute atomic E-state index is 13.5. The molecule has 5 nitrogen and oxygen atoms in total. The number of ether oxygens (including phenoxy) is 1.